The zero-order chi connectivity index (χ0) is 19.7. The Bertz CT molecular complexity index is 613. The van der Waals surface area contributed by atoms with Crippen LogP contribution in [0.2, 0.25) is 0 Å². The number of nitrogens with one attached hydrogen (secondary N) is 2. The van der Waals surface area contributed by atoms with Crippen molar-refractivity contribution in [1.29, 1.82) is 0 Å². The molecule has 26 heavy (non-hydrogen) atoms. The van der Waals surface area contributed by atoms with E-state index < -0.39 is 24.0 Å². The van der Waals surface area contributed by atoms with Crippen molar-refractivity contribution in [3.8, 4) is 5.75 Å². The molecule has 0 radical (unpaired) electrons. The van der Waals surface area contributed by atoms with Crippen LogP contribution in [-0.4, -0.2) is 44.1 Å². The van der Waals surface area contributed by atoms with E-state index in [-0.39, 0.29) is 18.2 Å². The number of rotatable bonds is 9. The highest BCUT2D eigenvalue weighted by Crippen LogP contribution is 2.13. The summed E-state index contributed by atoms with van der Waals surface area (Å²) >= 11 is 0. The Morgan fingerprint density at radius 2 is 1.62 bits per heavy atom. The van der Waals surface area contributed by atoms with Gasteiger partial charge >= 0.3 is 5.97 Å². The standard InChI is InChI=1S/C19H28N2O5/c1-12(2)10-16(20-13(3)22)18(23)21-17(19(24)26-5)11-14-6-8-15(25-4)9-7-14/h6-9,12,16-17H,10-11H2,1-5H3,(H,20,22)(H,21,23)/t16-,17-/m0/s1. The average Bonchev–Trinajstić information content (AvgIpc) is 2.59. The van der Waals surface area contributed by atoms with Gasteiger partial charge in [0.1, 0.15) is 17.8 Å². The van der Waals surface area contributed by atoms with E-state index in [1.165, 1.54) is 14.0 Å². The molecule has 2 atom stereocenters. The maximum absolute atomic E-state index is 12.6. The molecule has 0 aliphatic carbocycles. The lowest BCUT2D eigenvalue weighted by Gasteiger charge is -2.23. The lowest BCUT2D eigenvalue weighted by Crippen LogP contribution is -2.52. The number of esters is 1. The van der Waals surface area contributed by atoms with Crippen LogP contribution in [0, 0.1) is 5.92 Å². The van der Waals surface area contributed by atoms with E-state index >= 15 is 0 Å². The van der Waals surface area contributed by atoms with Gasteiger partial charge in [-0.15, -0.1) is 0 Å². The van der Waals surface area contributed by atoms with E-state index in [0.29, 0.717) is 12.2 Å². The second-order valence-corrected chi connectivity index (χ2v) is 6.52. The Morgan fingerprint density at radius 3 is 2.08 bits per heavy atom. The van der Waals surface area contributed by atoms with Crippen LogP contribution < -0.4 is 15.4 Å². The lowest BCUT2D eigenvalue weighted by atomic mass is 10.0. The van der Waals surface area contributed by atoms with Gasteiger partial charge in [0.05, 0.1) is 14.2 Å². The van der Waals surface area contributed by atoms with Gasteiger partial charge in [0.15, 0.2) is 0 Å². The second-order valence-electron chi connectivity index (χ2n) is 6.52. The van der Waals surface area contributed by atoms with Crippen molar-refractivity contribution in [2.45, 2.75) is 45.7 Å². The van der Waals surface area contributed by atoms with E-state index in [4.69, 9.17) is 9.47 Å². The molecule has 2 N–H and O–H groups in total. The largest absolute Gasteiger partial charge is 0.497 e. The molecule has 0 fully saturated rings. The molecule has 0 aliphatic rings. The number of benzene rings is 1. The van der Waals surface area contributed by atoms with E-state index in [0.717, 1.165) is 5.56 Å². The Morgan fingerprint density at radius 1 is 1.00 bits per heavy atom. The summed E-state index contributed by atoms with van der Waals surface area (Å²) in [7, 11) is 2.85. The van der Waals surface area contributed by atoms with Crippen molar-refractivity contribution < 1.29 is 23.9 Å². The third-order valence-electron chi connectivity index (χ3n) is 3.80. The molecule has 0 heterocycles. The minimum Gasteiger partial charge on any atom is -0.497 e. The van der Waals surface area contributed by atoms with Gasteiger partial charge in [0.2, 0.25) is 11.8 Å². The quantitative estimate of drug-likeness (QED) is 0.647. The Hall–Kier alpha value is -2.57. The Labute approximate surface area is 154 Å². The summed E-state index contributed by atoms with van der Waals surface area (Å²) in [6.07, 6.45) is 0.749. The van der Waals surface area contributed by atoms with Gasteiger partial charge in [0.25, 0.3) is 0 Å². The smallest absolute Gasteiger partial charge is 0.328 e. The molecular formula is C19H28N2O5. The third-order valence-corrected chi connectivity index (χ3v) is 3.80. The van der Waals surface area contributed by atoms with Crippen molar-refractivity contribution in [1.82, 2.24) is 10.6 Å². The fourth-order valence-corrected chi connectivity index (χ4v) is 2.55. The van der Waals surface area contributed by atoms with E-state index in [1.54, 1.807) is 19.2 Å². The molecule has 0 bridgehead atoms. The van der Waals surface area contributed by atoms with Crippen molar-refractivity contribution in [3.63, 3.8) is 0 Å². The predicted molar refractivity (Wildman–Crippen MR) is 97.7 cm³/mol. The zero-order valence-electron chi connectivity index (χ0n) is 16.0. The summed E-state index contributed by atoms with van der Waals surface area (Å²) in [5.41, 5.74) is 0.849. The van der Waals surface area contributed by atoms with Gasteiger partial charge in [-0.2, -0.15) is 0 Å². The zero-order valence-corrected chi connectivity index (χ0v) is 16.0. The number of hydrogen-bond donors (Lipinski definition) is 2. The first-order valence-corrected chi connectivity index (χ1v) is 8.55. The van der Waals surface area contributed by atoms with Crippen molar-refractivity contribution in [2.24, 2.45) is 5.92 Å². The monoisotopic (exact) mass is 364 g/mol. The van der Waals surface area contributed by atoms with Crippen molar-refractivity contribution in [2.75, 3.05) is 14.2 Å². The van der Waals surface area contributed by atoms with Crippen LogP contribution in [0.25, 0.3) is 0 Å². The first kappa shape index (κ1) is 21.5. The molecule has 0 saturated heterocycles. The topological polar surface area (TPSA) is 93.7 Å². The molecule has 2 amide bonds. The summed E-state index contributed by atoms with van der Waals surface area (Å²) < 4.78 is 9.92. The highest BCUT2D eigenvalue weighted by atomic mass is 16.5. The highest BCUT2D eigenvalue weighted by Gasteiger charge is 2.27. The summed E-state index contributed by atoms with van der Waals surface area (Å²) in [5, 5.41) is 5.33. The van der Waals surface area contributed by atoms with Crippen LogP contribution in [0.3, 0.4) is 0 Å². The average molecular weight is 364 g/mol. The molecular weight excluding hydrogens is 336 g/mol. The molecule has 0 unspecified atom stereocenters. The number of methoxy groups -OCH3 is 2. The van der Waals surface area contributed by atoms with E-state index in [1.807, 2.05) is 26.0 Å². The normalized spacial score (nSPS) is 12.8. The number of carbonyl (C=O) groups excluding carboxylic acids is 3. The van der Waals surface area contributed by atoms with Crippen LogP contribution in [0.5, 0.6) is 5.75 Å². The van der Waals surface area contributed by atoms with Gasteiger partial charge in [-0.25, -0.2) is 4.79 Å². The second kappa shape index (κ2) is 10.4. The lowest BCUT2D eigenvalue weighted by molar-refractivity contribution is -0.145. The molecule has 1 aromatic carbocycles. The van der Waals surface area contributed by atoms with Gasteiger partial charge in [-0.3, -0.25) is 9.59 Å². The summed E-state index contributed by atoms with van der Waals surface area (Å²) in [5.74, 6) is -0.334. The highest BCUT2D eigenvalue weighted by molar-refractivity contribution is 5.90. The molecule has 1 rings (SSSR count). The van der Waals surface area contributed by atoms with E-state index in [2.05, 4.69) is 10.6 Å². The van der Waals surface area contributed by atoms with E-state index in [9.17, 15) is 14.4 Å². The Balaban J connectivity index is 2.88. The number of ether oxygens (including phenoxy) is 2. The van der Waals surface area contributed by atoms with Crippen LogP contribution in [0.15, 0.2) is 24.3 Å². The maximum Gasteiger partial charge on any atom is 0.328 e. The first-order chi connectivity index (χ1) is 12.3. The van der Waals surface area contributed by atoms with Gasteiger partial charge in [0, 0.05) is 13.3 Å². The number of carbonyl (C=O) groups is 3. The summed E-state index contributed by atoms with van der Waals surface area (Å²) in [6.45, 7) is 5.27. The summed E-state index contributed by atoms with van der Waals surface area (Å²) in [4.78, 5) is 36.0. The Kier molecular flexibility index (Phi) is 8.61. The molecule has 0 spiro atoms. The van der Waals surface area contributed by atoms with Gasteiger partial charge in [-0.05, 0) is 30.0 Å². The molecule has 0 aliphatic heterocycles. The minimum atomic E-state index is -0.843. The predicted octanol–water partition coefficient (Wildman–Crippen LogP) is 1.45. The number of hydrogen-bond acceptors (Lipinski definition) is 5. The van der Waals surface area contributed by atoms with Crippen LogP contribution in [0.1, 0.15) is 32.8 Å². The van der Waals surface area contributed by atoms with Crippen molar-refractivity contribution in [3.05, 3.63) is 29.8 Å². The first-order valence-electron chi connectivity index (χ1n) is 8.55. The molecule has 7 nitrogen and oxygen atoms in total. The fraction of sp³-hybridized carbons (Fsp3) is 0.526. The van der Waals surface area contributed by atoms with Gasteiger partial charge in [-0.1, -0.05) is 26.0 Å². The molecule has 0 aromatic heterocycles. The van der Waals surface area contributed by atoms with Crippen LogP contribution in [-0.2, 0) is 25.5 Å². The summed E-state index contributed by atoms with van der Waals surface area (Å²) in [6, 6.07) is 5.66. The molecule has 1 aromatic rings. The maximum atomic E-state index is 12.6. The fourth-order valence-electron chi connectivity index (χ4n) is 2.55. The van der Waals surface area contributed by atoms with Crippen LogP contribution in [0.4, 0.5) is 0 Å². The number of amides is 2. The third kappa shape index (κ3) is 7.13. The van der Waals surface area contributed by atoms with Crippen molar-refractivity contribution >= 4 is 17.8 Å². The van der Waals surface area contributed by atoms with Gasteiger partial charge < -0.3 is 20.1 Å². The SMILES string of the molecule is COC(=O)[C@H](Cc1ccc(OC)cc1)NC(=O)[C@H](CC(C)C)NC(C)=O. The minimum absolute atomic E-state index is 0.204. The molecule has 7 heteroatoms. The van der Waals surface area contributed by atoms with Crippen LogP contribution >= 0.6 is 0 Å². The molecule has 0 saturated carbocycles. The molecule has 144 valence electrons.